The van der Waals surface area contributed by atoms with E-state index < -0.39 is 5.79 Å². The minimum absolute atomic E-state index is 0.151. The monoisotopic (exact) mass is 388 g/mol. The van der Waals surface area contributed by atoms with Crippen molar-refractivity contribution >= 4 is 11.8 Å². The normalized spacial score (nSPS) is 21.0. The number of nitrogens with zero attached hydrogens (tertiary/aromatic N) is 2. The summed E-state index contributed by atoms with van der Waals surface area (Å²) in [6.07, 6.45) is 5.28. The van der Waals surface area contributed by atoms with Gasteiger partial charge in [0.1, 0.15) is 0 Å². The Morgan fingerprint density at radius 1 is 1.04 bits per heavy atom. The van der Waals surface area contributed by atoms with Gasteiger partial charge in [0.05, 0.1) is 23.8 Å². The van der Waals surface area contributed by atoms with Crippen LogP contribution in [0.15, 0.2) is 24.3 Å². The number of carbonyl (C=O) groups is 2. The second kappa shape index (κ2) is 9.16. The highest BCUT2D eigenvalue weighted by Gasteiger charge is 2.34. The molecule has 1 saturated heterocycles. The molecule has 6 nitrogen and oxygen atoms in total. The fourth-order valence-electron chi connectivity index (χ4n) is 3.83. The quantitative estimate of drug-likeness (QED) is 0.455. The molecule has 0 radical (unpaired) electrons. The minimum Gasteiger partial charge on any atom is -0.348 e. The van der Waals surface area contributed by atoms with Gasteiger partial charge in [-0.2, -0.15) is 0 Å². The Bertz CT molecular complexity index is 669. The highest BCUT2D eigenvalue weighted by atomic mass is 16.7. The number of fused-ring (bicyclic) bond motifs is 1. The third kappa shape index (κ3) is 5.19. The standard InChI is InChI=1S/C22H32N2O4/c1-22(2)27-16-17(28-22)12-15-23(3)13-8-4-5-9-14-24-20(25)18-10-6-7-11-19(18)21(24)26/h6-7,10-11,17H,4-5,8-9,12-16H2,1-3H3/t17-/m0/s1. The van der Waals surface area contributed by atoms with Gasteiger partial charge >= 0.3 is 0 Å². The highest BCUT2D eigenvalue weighted by molar-refractivity contribution is 6.21. The van der Waals surface area contributed by atoms with Gasteiger partial charge in [0, 0.05) is 13.1 Å². The average molecular weight is 389 g/mol. The molecule has 2 aliphatic rings. The van der Waals surface area contributed by atoms with Crippen LogP contribution in [0.4, 0.5) is 0 Å². The third-order valence-electron chi connectivity index (χ3n) is 5.45. The topological polar surface area (TPSA) is 59.1 Å². The van der Waals surface area contributed by atoms with Crippen LogP contribution < -0.4 is 0 Å². The van der Waals surface area contributed by atoms with E-state index >= 15 is 0 Å². The number of imide groups is 1. The Labute approximate surface area is 167 Å². The molecule has 0 saturated carbocycles. The summed E-state index contributed by atoms with van der Waals surface area (Å²) in [4.78, 5) is 28.4. The van der Waals surface area contributed by atoms with E-state index in [1.54, 1.807) is 24.3 Å². The SMILES string of the molecule is CN(CCCCCCN1C(=O)c2ccccc2C1=O)CC[C@H]1COC(C)(C)O1. The zero-order valence-corrected chi connectivity index (χ0v) is 17.3. The number of rotatable bonds is 10. The lowest BCUT2D eigenvalue weighted by Gasteiger charge is -2.20. The maximum atomic E-state index is 12.3. The number of amides is 2. The predicted octanol–water partition coefficient (Wildman–Crippen LogP) is 3.32. The van der Waals surface area contributed by atoms with Crippen molar-refractivity contribution in [2.75, 3.05) is 33.3 Å². The third-order valence-corrected chi connectivity index (χ3v) is 5.45. The Morgan fingerprint density at radius 2 is 1.68 bits per heavy atom. The molecule has 154 valence electrons. The van der Waals surface area contributed by atoms with Gasteiger partial charge in [-0.05, 0) is 58.8 Å². The van der Waals surface area contributed by atoms with Crippen LogP contribution in [0.2, 0.25) is 0 Å². The minimum atomic E-state index is -0.442. The zero-order chi connectivity index (χ0) is 20.1. The largest absolute Gasteiger partial charge is 0.348 e. The molecule has 2 heterocycles. The predicted molar refractivity (Wildman–Crippen MR) is 107 cm³/mol. The summed E-state index contributed by atoms with van der Waals surface area (Å²) in [6, 6.07) is 7.07. The van der Waals surface area contributed by atoms with Crippen molar-refractivity contribution < 1.29 is 19.1 Å². The average Bonchev–Trinajstić information content (AvgIpc) is 3.14. The van der Waals surface area contributed by atoms with E-state index in [0.29, 0.717) is 24.3 Å². The van der Waals surface area contributed by atoms with Crippen molar-refractivity contribution in [1.29, 1.82) is 0 Å². The van der Waals surface area contributed by atoms with Crippen LogP contribution in [0.5, 0.6) is 0 Å². The second-order valence-electron chi connectivity index (χ2n) is 8.26. The molecule has 6 heteroatoms. The lowest BCUT2D eigenvalue weighted by molar-refractivity contribution is -0.139. The van der Waals surface area contributed by atoms with Gasteiger partial charge in [-0.3, -0.25) is 14.5 Å². The van der Waals surface area contributed by atoms with Gasteiger partial charge in [0.25, 0.3) is 11.8 Å². The van der Waals surface area contributed by atoms with E-state index in [4.69, 9.17) is 9.47 Å². The maximum absolute atomic E-state index is 12.3. The van der Waals surface area contributed by atoms with Crippen LogP contribution in [0.25, 0.3) is 0 Å². The van der Waals surface area contributed by atoms with Gasteiger partial charge in [-0.15, -0.1) is 0 Å². The van der Waals surface area contributed by atoms with Gasteiger partial charge in [0.15, 0.2) is 5.79 Å². The van der Waals surface area contributed by atoms with Crippen LogP contribution in [0.1, 0.15) is 66.7 Å². The highest BCUT2D eigenvalue weighted by Crippen LogP contribution is 2.24. The Balaban J connectivity index is 1.26. The van der Waals surface area contributed by atoms with Crippen molar-refractivity contribution in [2.24, 2.45) is 0 Å². The lowest BCUT2D eigenvalue weighted by Crippen LogP contribution is -2.30. The molecule has 1 atom stereocenters. The second-order valence-corrected chi connectivity index (χ2v) is 8.26. The van der Waals surface area contributed by atoms with E-state index in [2.05, 4.69) is 11.9 Å². The molecule has 0 bridgehead atoms. The van der Waals surface area contributed by atoms with E-state index in [9.17, 15) is 9.59 Å². The number of hydrogen-bond donors (Lipinski definition) is 0. The Morgan fingerprint density at radius 3 is 2.29 bits per heavy atom. The van der Waals surface area contributed by atoms with Crippen molar-refractivity contribution in [2.45, 2.75) is 57.8 Å². The van der Waals surface area contributed by atoms with Gasteiger partial charge < -0.3 is 14.4 Å². The van der Waals surface area contributed by atoms with Crippen molar-refractivity contribution in [3.8, 4) is 0 Å². The lowest BCUT2D eigenvalue weighted by atomic mass is 10.1. The van der Waals surface area contributed by atoms with Gasteiger partial charge in [0.2, 0.25) is 0 Å². The van der Waals surface area contributed by atoms with Crippen molar-refractivity contribution in [1.82, 2.24) is 9.80 Å². The molecule has 0 aliphatic carbocycles. The number of benzene rings is 1. The van der Waals surface area contributed by atoms with E-state index in [0.717, 1.165) is 45.2 Å². The summed E-state index contributed by atoms with van der Waals surface area (Å²) in [5.74, 6) is -0.744. The fourth-order valence-corrected chi connectivity index (χ4v) is 3.83. The molecule has 3 rings (SSSR count). The first-order valence-corrected chi connectivity index (χ1v) is 10.3. The number of hydrogen-bond acceptors (Lipinski definition) is 5. The smallest absolute Gasteiger partial charge is 0.261 e. The molecule has 2 amide bonds. The summed E-state index contributed by atoms with van der Waals surface area (Å²) in [5, 5.41) is 0. The number of carbonyl (C=O) groups excluding carboxylic acids is 2. The van der Waals surface area contributed by atoms with Gasteiger partial charge in [-0.25, -0.2) is 0 Å². The molecule has 1 aromatic rings. The van der Waals surface area contributed by atoms with Crippen molar-refractivity contribution in [3.05, 3.63) is 35.4 Å². The van der Waals surface area contributed by atoms with E-state index in [1.807, 2.05) is 13.8 Å². The van der Waals surface area contributed by atoms with Crippen LogP contribution in [0, 0.1) is 0 Å². The van der Waals surface area contributed by atoms with E-state index in [1.165, 1.54) is 4.90 Å². The molecule has 2 aliphatic heterocycles. The maximum Gasteiger partial charge on any atom is 0.261 e. The molecule has 1 fully saturated rings. The molecular weight excluding hydrogens is 356 g/mol. The molecule has 28 heavy (non-hydrogen) atoms. The number of unbranched alkanes of at least 4 members (excludes halogenated alkanes) is 3. The molecule has 0 N–H and O–H groups in total. The first-order valence-electron chi connectivity index (χ1n) is 10.3. The molecule has 0 spiro atoms. The van der Waals surface area contributed by atoms with Gasteiger partial charge in [-0.1, -0.05) is 25.0 Å². The van der Waals surface area contributed by atoms with E-state index in [-0.39, 0.29) is 17.9 Å². The molecule has 0 aromatic heterocycles. The Kier molecular flexibility index (Phi) is 6.86. The fraction of sp³-hybridized carbons (Fsp3) is 0.636. The molecule has 0 unspecified atom stereocenters. The molecular formula is C22H32N2O4. The summed E-state index contributed by atoms with van der Waals surface area (Å²) in [6.45, 7) is 7.15. The van der Waals surface area contributed by atoms with Crippen LogP contribution in [0.3, 0.4) is 0 Å². The van der Waals surface area contributed by atoms with Crippen LogP contribution in [-0.2, 0) is 9.47 Å². The first kappa shape index (κ1) is 21.0. The summed E-state index contributed by atoms with van der Waals surface area (Å²) in [7, 11) is 2.14. The van der Waals surface area contributed by atoms with Crippen LogP contribution >= 0.6 is 0 Å². The molecule has 1 aromatic carbocycles. The Hall–Kier alpha value is -1.76. The summed E-state index contributed by atoms with van der Waals surface area (Å²) < 4.78 is 11.4. The summed E-state index contributed by atoms with van der Waals surface area (Å²) >= 11 is 0. The van der Waals surface area contributed by atoms with Crippen molar-refractivity contribution in [3.63, 3.8) is 0 Å². The number of ether oxygens (including phenoxy) is 2. The van der Waals surface area contributed by atoms with Crippen LogP contribution in [-0.4, -0.2) is 66.8 Å². The summed E-state index contributed by atoms with van der Waals surface area (Å²) in [5.41, 5.74) is 1.07. The zero-order valence-electron chi connectivity index (χ0n) is 17.3. The first-order chi connectivity index (χ1) is 13.4.